The standard InChI is InChI=1S/C16H22N2O3/c17-12-7-8-18(10-12)16(19)14-5-1-2-6-15(14)21-11-13-4-3-9-20-13/h1-2,5-6,12-13H,3-4,7-11,17H2/t12-,13?/m0/s1. The molecule has 2 N–H and O–H groups in total. The molecule has 2 saturated heterocycles. The Labute approximate surface area is 125 Å². The molecule has 0 aliphatic carbocycles. The summed E-state index contributed by atoms with van der Waals surface area (Å²) < 4.78 is 11.4. The van der Waals surface area contributed by atoms with Gasteiger partial charge in [0.15, 0.2) is 0 Å². The van der Waals surface area contributed by atoms with Crippen LogP contribution in [0.5, 0.6) is 5.75 Å². The van der Waals surface area contributed by atoms with E-state index in [-0.39, 0.29) is 18.1 Å². The quantitative estimate of drug-likeness (QED) is 0.911. The number of likely N-dealkylation sites (tertiary alicyclic amines) is 1. The minimum Gasteiger partial charge on any atom is -0.490 e. The predicted octanol–water partition coefficient (Wildman–Crippen LogP) is 1.42. The Balaban J connectivity index is 1.68. The molecule has 1 unspecified atom stereocenters. The fourth-order valence-electron chi connectivity index (χ4n) is 2.87. The zero-order chi connectivity index (χ0) is 14.7. The molecular formula is C16H22N2O3. The molecule has 21 heavy (non-hydrogen) atoms. The van der Waals surface area contributed by atoms with Gasteiger partial charge in [0.2, 0.25) is 0 Å². The maximum absolute atomic E-state index is 12.6. The molecule has 0 bridgehead atoms. The maximum Gasteiger partial charge on any atom is 0.257 e. The van der Waals surface area contributed by atoms with E-state index in [2.05, 4.69) is 0 Å². The van der Waals surface area contributed by atoms with E-state index < -0.39 is 0 Å². The molecule has 2 heterocycles. The Morgan fingerprint density at radius 2 is 2.24 bits per heavy atom. The van der Waals surface area contributed by atoms with E-state index >= 15 is 0 Å². The monoisotopic (exact) mass is 290 g/mol. The molecule has 2 atom stereocenters. The third kappa shape index (κ3) is 3.36. The van der Waals surface area contributed by atoms with Gasteiger partial charge in [0.1, 0.15) is 12.4 Å². The Morgan fingerprint density at radius 1 is 1.38 bits per heavy atom. The van der Waals surface area contributed by atoms with Crippen molar-refractivity contribution in [3.8, 4) is 5.75 Å². The number of nitrogens with zero attached hydrogens (tertiary/aromatic N) is 1. The van der Waals surface area contributed by atoms with Gasteiger partial charge in [-0.3, -0.25) is 4.79 Å². The first-order chi connectivity index (χ1) is 10.2. The van der Waals surface area contributed by atoms with Gasteiger partial charge in [0.05, 0.1) is 11.7 Å². The summed E-state index contributed by atoms with van der Waals surface area (Å²) >= 11 is 0. The molecule has 2 aliphatic rings. The second-order valence-electron chi connectivity index (χ2n) is 5.74. The molecule has 0 saturated carbocycles. The van der Waals surface area contributed by atoms with Crippen LogP contribution in [0.15, 0.2) is 24.3 Å². The van der Waals surface area contributed by atoms with Crippen molar-refractivity contribution < 1.29 is 14.3 Å². The molecular weight excluding hydrogens is 268 g/mol. The van der Waals surface area contributed by atoms with Gasteiger partial charge in [0, 0.05) is 25.7 Å². The Hall–Kier alpha value is -1.59. The van der Waals surface area contributed by atoms with E-state index in [1.165, 1.54) is 0 Å². The van der Waals surface area contributed by atoms with Gasteiger partial charge in [0.25, 0.3) is 5.91 Å². The first-order valence-corrected chi connectivity index (χ1v) is 7.62. The summed E-state index contributed by atoms with van der Waals surface area (Å²) in [6, 6.07) is 7.50. The minimum atomic E-state index is 0.00545. The summed E-state index contributed by atoms with van der Waals surface area (Å²) in [4.78, 5) is 14.4. The summed E-state index contributed by atoms with van der Waals surface area (Å²) in [7, 11) is 0. The molecule has 0 spiro atoms. The number of carbonyl (C=O) groups is 1. The van der Waals surface area contributed by atoms with Crippen molar-refractivity contribution in [2.75, 3.05) is 26.3 Å². The van der Waals surface area contributed by atoms with Crippen LogP contribution in [-0.4, -0.2) is 49.3 Å². The fourth-order valence-corrected chi connectivity index (χ4v) is 2.87. The number of rotatable bonds is 4. The fraction of sp³-hybridized carbons (Fsp3) is 0.562. The Kier molecular flexibility index (Phi) is 4.41. The third-order valence-electron chi connectivity index (χ3n) is 4.08. The zero-order valence-electron chi connectivity index (χ0n) is 12.2. The summed E-state index contributed by atoms with van der Waals surface area (Å²) in [5, 5.41) is 0. The Morgan fingerprint density at radius 3 is 2.95 bits per heavy atom. The molecule has 0 radical (unpaired) electrons. The van der Waals surface area contributed by atoms with Crippen molar-refractivity contribution >= 4 is 5.91 Å². The van der Waals surface area contributed by atoms with E-state index in [9.17, 15) is 4.79 Å². The number of ether oxygens (including phenoxy) is 2. The molecule has 1 amide bonds. The highest BCUT2D eigenvalue weighted by Crippen LogP contribution is 2.23. The van der Waals surface area contributed by atoms with E-state index in [1.807, 2.05) is 24.3 Å². The van der Waals surface area contributed by atoms with E-state index in [0.717, 1.165) is 32.4 Å². The predicted molar refractivity (Wildman–Crippen MR) is 79.4 cm³/mol. The van der Waals surface area contributed by atoms with Crippen LogP contribution in [0.25, 0.3) is 0 Å². The molecule has 3 rings (SSSR count). The molecule has 5 heteroatoms. The van der Waals surface area contributed by atoms with E-state index in [1.54, 1.807) is 4.90 Å². The van der Waals surface area contributed by atoms with Gasteiger partial charge in [-0.15, -0.1) is 0 Å². The normalized spacial score (nSPS) is 25.3. The van der Waals surface area contributed by atoms with Crippen LogP contribution < -0.4 is 10.5 Å². The van der Waals surface area contributed by atoms with Crippen LogP contribution in [-0.2, 0) is 4.74 Å². The highest BCUT2D eigenvalue weighted by atomic mass is 16.5. The topological polar surface area (TPSA) is 64.8 Å². The van der Waals surface area contributed by atoms with Gasteiger partial charge in [-0.25, -0.2) is 0 Å². The SMILES string of the molecule is N[C@H]1CCN(C(=O)c2ccccc2OCC2CCCO2)C1. The molecule has 1 aromatic rings. The average molecular weight is 290 g/mol. The molecule has 2 fully saturated rings. The number of para-hydroxylation sites is 1. The largest absolute Gasteiger partial charge is 0.490 e. The summed E-state index contributed by atoms with van der Waals surface area (Å²) in [5.41, 5.74) is 6.49. The van der Waals surface area contributed by atoms with Gasteiger partial charge in [-0.1, -0.05) is 12.1 Å². The second kappa shape index (κ2) is 6.45. The van der Waals surface area contributed by atoms with Crippen molar-refractivity contribution in [1.29, 1.82) is 0 Å². The molecule has 0 aromatic heterocycles. The van der Waals surface area contributed by atoms with Gasteiger partial charge < -0.3 is 20.1 Å². The lowest BCUT2D eigenvalue weighted by Crippen LogP contribution is -2.32. The average Bonchev–Trinajstić information content (AvgIpc) is 3.16. The lowest BCUT2D eigenvalue weighted by atomic mass is 10.1. The number of hydrogen-bond acceptors (Lipinski definition) is 4. The third-order valence-corrected chi connectivity index (χ3v) is 4.08. The van der Waals surface area contributed by atoms with Crippen LogP contribution >= 0.6 is 0 Å². The van der Waals surface area contributed by atoms with E-state index in [0.29, 0.717) is 24.5 Å². The van der Waals surface area contributed by atoms with Crippen molar-refractivity contribution in [1.82, 2.24) is 4.90 Å². The molecule has 114 valence electrons. The van der Waals surface area contributed by atoms with Crippen LogP contribution in [0.4, 0.5) is 0 Å². The van der Waals surface area contributed by atoms with E-state index in [4.69, 9.17) is 15.2 Å². The van der Waals surface area contributed by atoms with Gasteiger partial charge in [-0.05, 0) is 31.4 Å². The summed E-state index contributed by atoms with van der Waals surface area (Å²) in [5.74, 6) is 0.643. The van der Waals surface area contributed by atoms with Crippen molar-refractivity contribution in [2.24, 2.45) is 5.73 Å². The highest BCUT2D eigenvalue weighted by molar-refractivity contribution is 5.97. The molecule has 2 aliphatic heterocycles. The van der Waals surface area contributed by atoms with Gasteiger partial charge in [-0.2, -0.15) is 0 Å². The first kappa shape index (κ1) is 14.4. The van der Waals surface area contributed by atoms with Crippen LogP contribution in [0.3, 0.4) is 0 Å². The number of carbonyl (C=O) groups excluding carboxylic acids is 1. The summed E-state index contributed by atoms with van der Waals surface area (Å²) in [6.45, 7) is 2.66. The summed E-state index contributed by atoms with van der Waals surface area (Å²) in [6.07, 6.45) is 3.12. The highest BCUT2D eigenvalue weighted by Gasteiger charge is 2.26. The van der Waals surface area contributed by atoms with Crippen LogP contribution in [0, 0.1) is 0 Å². The Bertz CT molecular complexity index is 500. The first-order valence-electron chi connectivity index (χ1n) is 7.62. The maximum atomic E-state index is 12.6. The number of nitrogens with two attached hydrogens (primary N) is 1. The number of benzene rings is 1. The van der Waals surface area contributed by atoms with Crippen LogP contribution in [0.1, 0.15) is 29.6 Å². The zero-order valence-corrected chi connectivity index (χ0v) is 12.2. The molecule has 5 nitrogen and oxygen atoms in total. The van der Waals surface area contributed by atoms with Gasteiger partial charge >= 0.3 is 0 Å². The second-order valence-corrected chi connectivity index (χ2v) is 5.74. The molecule has 1 aromatic carbocycles. The van der Waals surface area contributed by atoms with Crippen LogP contribution in [0.2, 0.25) is 0 Å². The number of hydrogen-bond donors (Lipinski definition) is 1. The van der Waals surface area contributed by atoms with Crippen molar-refractivity contribution in [2.45, 2.75) is 31.4 Å². The minimum absolute atomic E-state index is 0.00545. The smallest absolute Gasteiger partial charge is 0.257 e. The number of amides is 1. The lowest BCUT2D eigenvalue weighted by Gasteiger charge is -2.19. The van der Waals surface area contributed by atoms with Crippen molar-refractivity contribution in [3.63, 3.8) is 0 Å². The lowest BCUT2D eigenvalue weighted by molar-refractivity contribution is 0.0657. The van der Waals surface area contributed by atoms with Crippen molar-refractivity contribution in [3.05, 3.63) is 29.8 Å².